The highest BCUT2D eigenvalue weighted by Crippen LogP contribution is 2.24. The van der Waals surface area contributed by atoms with Gasteiger partial charge in [-0.3, -0.25) is 4.90 Å². The maximum Gasteiger partial charge on any atom is 0.191 e. The van der Waals surface area contributed by atoms with Crippen LogP contribution in [0.5, 0.6) is 0 Å². The molecule has 3 aromatic rings. The largest absolute Gasteiger partial charge is 0.305 e. The van der Waals surface area contributed by atoms with E-state index in [4.69, 9.17) is 5.26 Å². The Morgan fingerprint density at radius 1 is 1.11 bits per heavy atom. The highest BCUT2D eigenvalue weighted by molar-refractivity contribution is 7.99. The van der Waals surface area contributed by atoms with Crippen molar-refractivity contribution in [3.05, 3.63) is 65.2 Å². The van der Waals surface area contributed by atoms with Gasteiger partial charge in [0.25, 0.3) is 0 Å². The Morgan fingerprint density at radius 3 is 2.79 bits per heavy atom. The first-order chi connectivity index (χ1) is 13.7. The molecule has 28 heavy (non-hydrogen) atoms. The van der Waals surface area contributed by atoms with E-state index >= 15 is 0 Å². The van der Waals surface area contributed by atoms with Crippen molar-refractivity contribution < 1.29 is 0 Å². The first-order valence-corrected chi connectivity index (χ1v) is 10.5. The zero-order valence-electron chi connectivity index (χ0n) is 16.0. The lowest BCUT2D eigenvalue weighted by atomic mass is 9.97. The van der Waals surface area contributed by atoms with E-state index in [1.165, 1.54) is 11.1 Å². The number of nitrogens with zero attached hydrogens (tertiary/aromatic N) is 5. The zero-order valence-corrected chi connectivity index (χ0v) is 16.8. The Kier molecular flexibility index (Phi) is 5.75. The van der Waals surface area contributed by atoms with Crippen molar-refractivity contribution in [1.29, 1.82) is 5.26 Å². The van der Waals surface area contributed by atoms with Gasteiger partial charge < -0.3 is 4.57 Å². The smallest absolute Gasteiger partial charge is 0.191 e. The Bertz CT molecular complexity index is 990. The molecule has 0 amide bonds. The molecule has 0 spiro atoms. The second-order valence-corrected chi connectivity index (χ2v) is 8.12. The molecule has 0 saturated heterocycles. The molecule has 4 rings (SSSR count). The second kappa shape index (κ2) is 8.59. The third-order valence-electron chi connectivity index (χ3n) is 5.14. The molecule has 0 N–H and O–H groups in total. The van der Waals surface area contributed by atoms with Crippen LogP contribution in [0, 0.1) is 11.3 Å². The molecule has 0 radical (unpaired) electrons. The minimum atomic E-state index is 0.757. The molecular weight excluding hydrogens is 366 g/mol. The number of hydrogen-bond acceptors (Lipinski definition) is 5. The fourth-order valence-corrected chi connectivity index (χ4v) is 4.44. The summed E-state index contributed by atoms with van der Waals surface area (Å²) in [6, 6.07) is 18.5. The van der Waals surface area contributed by atoms with Crippen LogP contribution in [-0.2, 0) is 20.0 Å². The van der Waals surface area contributed by atoms with Crippen LogP contribution in [0.1, 0.15) is 23.1 Å². The summed E-state index contributed by atoms with van der Waals surface area (Å²) in [7, 11) is 2.03. The number of nitriles is 1. The molecule has 1 aromatic heterocycles. The minimum Gasteiger partial charge on any atom is -0.305 e. The fraction of sp³-hybridized carbons (Fsp3) is 0.318. The summed E-state index contributed by atoms with van der Waals surface area (Å²) >= 11 is 1.76. The van der Waals surface area contributed by atoms with Crippen molar-refractivity contribution in [3.63, 3.8) is 0 Å². The molecule has 2 heterocycles. The lowest BCUT2D eigenvalue weighted by molar-refractivity contribution is 0.255. The molecule has 1 aliphatic rings. The molecular formula is C22H23N5S. The summed E-state index contributed by atoms with van der Waals surface area (Å²) < 4.78 is 2.07. The molecule has 1 aliphatic heterocycles. The number of thioether (sulfide) groups is 1. The van der Waals surface area contributed by atoms with Crippen LogP contribution < -0.4 is 0 Å². The van der Waals surface area contributed by atoms with Gasteiger partial charge in [-0.05, 0) is 42.6 Å². The van der Waals surface area contributed by atoms with E-state index < -0.39 is 0 Å². The standard InChI is InChI=1S/C22H23N5S/c1-26-21(19-6-3-2-4-7-19)24-25-22(26)28-13-5-11-27-12-10-18-9-8-17(15-23)14-20(18)16-27/h2-4,6-9,14H,5,10-13,16H2,1H3. The Hall–Kier alpha value is -2.62. The normalized spacial score (nSPS) is 13.9. The van der Waals surface area contributed by atoms with E-state index in [-0.39, 0.29) is 0 Å². The van der Waals surface area contributed by atoms with Crippen LogP contribution >= 0.6 is 11.8 Å². The third kappa shape index (κ3) is 4.11. The highest BCUT2D eigenvalue weighted by Gasteiger charge is 2.16. The molecule has 142 valence electrons. The highest BCUT2D eigenvalue weighted by atomic mass is 32.2. The Balaban J connectivity index is 1.29. The molecule has 0 bridgehead atoms. The van der Waals surface area contributed by atoms with Gasteiger partial charge in [0.2, 0.25) is 0 Å². The van der Waals surface area contributed by atoms with Gasteiger partial charge in [0.05, 0.1) is 11.6 Å². The second-order valence-electron chi connectivity index (χ2n) is 7.05. The summed E-state index contributed by atoms with van der Waals surface area (Å²) in [5.41, 5.74) is 4.54. The number of fused-ring (bicyclic) bond motifs is 1. The monoisotopic (exact) mass is 389 g/mol. The zero-order chi connectivity index (χ0) is 19.3. The number of rotatable bonds is 6. The fourth-order valence-electron chi connectivity index (χ4n) is 3.61. The van der Waals surface area contributed by atoms with Gasteiger partial charge in [-0.15, -0.1) is 10.2 Å². The summed E-state index contributed by atoms with van der Waals surface area (Å²) in [4.78, 5) is 2.48. The van der Waals surface area contributed by atoms with Gasteiger partial charge in [0.15, 0.2) is 11.0 Å². The molecule has 0 unspecified atom stereocenters. The molecule has 6 heteroatoms. The van der Waals surface area contributed by atoms with Crippen LogP contribution in [0.2, 0.25) is 0 Å². The molecule has 0 saturated carbocycles. The van der Waals surface area contributed by atoms with E-state index in [1.807, 2.05) is 37.4 Å². The van der Waals surface area contributed by atoms with Crippen molar-refractivity contribution >= 4 is 11.8 Å². The van der Waals surface area contributed by atoms with Crippen LogP contribution in [0.4, 0.5) is 0 Å². The van der Waals surface area contributed by atoms with Gasteiger partial charge in [-0.25, -0.2) is 0 Å². The lowest BCUT2D eigenvalue weighted by Gasteiger charge is -2.28. The van der Waals surface area contributed by atoms with Gasteiger partial charge in [-0.2, -0.15) is 5.26 Å². The van der Waals surface area contributed by atoms with Crippen LogP contribution in [0.3, 0.4) is 0 Å². The van der Waals surface area contributed by atoms with Gasteiger partial charge in [-0.1, -0.05) is 48.2 Å². The maximum atomic E-state index is 9.10. The maximum absolute atomic E-state index is 9.10. The first kappa shape index (κ1) is 18.7. The van der Waals surface area contributed by atoms with Crippen molar-refractivity contribution in [2.24, 2.45) is 7.05 Å². The van der Waals surface area contributed by atoms with Crippen molar-refractivity contribution in [2.75, 3.05) is 18.8 Å². The van der Waals surface area contributed by atoms with Crippen molar-refractivity contribution in [2.45, 2.75) is 24.5 Å². The summed E-state index contributed by atoms with van der Waals surface area (Å²) in [5, 5.41) is 18.8. The van der Waals surface area contributed by atoms with Crippen LogP contribution in [0.15, 0.2) is 53.7 Å². The van der Waals surface area contributed by atoms with Crippen LogP contribution in [0.25, 0.3) is 11.4 Å². The third-order valence-corrected chi connectivity index (χ3v) is 6.25. The van der Waals surface area contributed by atoms with Crippen molar-refractivity contribution in [1.82, 2.24) is 19.7 Å². The topological polar surface area (TPSA) is 57.7 Å². The minimum absolute atomic E-state index is 0.757. The molecule has 0 fully saturated rings. The van der Waals surface area contributed by atoms with E-state index in [2.05, 4.69) is 43.9 Å². The molecule has 0 aliphatic carbocycles. The number of benzene rings is 2. The van der Waals surface area contributed by atoms with Crippen LogP contribution in [-0.4, -0.2) is 38.5 Å². The van der Waals surface area contributed by atoms with Gasteiger partial charge in [0.1, 0.15) is 0 Å². The summed E-state index contributed by atoms with van der Waals surface area (Å²) in [5.74, 6) is 1.92. The quantitative estimate of drug-likeness (QED) is 0.473. The van der Waals surface area contributed by atoms with E-state index in [1.54, 1.807) is 11.8 Å². The average molecular weight is 390 g/mol. The lowest BCUT2D eigenvalue weighted by Crippen LogP contribution is -2.31. The molecule has 2 aromatic carbocycles. The summed E-state index contributed by atoms with van der Waals surface area (Å²) in [6.45, 7) is 3.09. The van der Waals surface area contributed by atoms with E-state index in [0.29, 0.717) is 0 Å². The van der Waals surface area contributed by atoms with Gasteiger partial charge in [0, 0.05) is 31.5 Å². The predicted molar refractivity (Wildman–Crippen MR) is 112 cm³/mol. The molecule has 0 atom stereocenters. The first-order valence-electron chi connectivity index (χ1n) is 9.56. The molecule has 5 nitrogen and oxygen atoms in total. The SMILES string of the molecule is Cn1c(SCCCN2CCc3ccc(C#N)cc3C2)nnc1-c1ccccc1. The summed E-state index contributed by atoms with van der Waals surface area (Å²) in [6.07, 6.45) is 2.17. The van der Waals surface area contributed by atoms with E-state index in [0.717, 1.165) is 60.3 Å². The Morgan fingerprint density at radius 2 is 1.96 bits per heavy atom. The van der Waals surface area contributed by atoms with Gasteiger partial charge >= 0.3 is 0 Å². The van der Waals surface area contributed by atoms with Crippen molar-refractivity contribution in [3.8, 4) is 17.5 Å². The predicted octanol–water partition coefficient (Wildman–Crippen LogP) is 3.89. The number of hydrogen-bond donors (Lipinski definition) is 0. The number of aromatic nitrogens is 3. The average Bonchev–Trinajstić information content (AvgIpc) is 3.11. The Labute approximate surface area is 170 Å². The van der Waals surface area contributed by atoms with E-state index in [9.17, 15) is 0 Å².